The van der Waals surface area contributed by atoms with E-state index in [0.29, 0.717) is 17.5 Å². The number of hydrogen-bond donors (Lipinski definition) is 1. The van der Waals surface area contributed by atoms with Crippen LogP contribution in [0.25, 0.3) is 34.4 Å². The van der Waals surface area contributed by atoms with Crippen LogP contribution < -0.4 is 0 Å². The largest absolute Gasteiger partial charge is 0.512 e. The second-order valence-corrected chi connectivity index (χ2v) is 6.29. The van der Waals surface area contributed by atoms with Gasteiger partial charge in [0.15, 0.2) is 17.5 Å². The molecule has 0 saturated carbocycles. The fourth-order valence-corrected chi connectivity index (χ4v) is 2.91. The van der Waals surface area contributed by atoms with E-state index in [2.05, 4.69) is 63.7 Å². The zero-order valence-corrected chi connectivity index (χ0v) is 14.4. The van der Waals surface area contributed by atoms with Gasteiger partial charge in [0.25, 0.3) is 0 Å². The van der Waals surface area contributed by atoms with E-state index in [-0.39, 0.29) is 5.76 Å². The first kappa shape index (κ1) is 15.3. The van der Waals surface area contributed by atoms with Crippen molar-refractivity contribution in [2.45, 2.75) is 20.8 Å². The Bertz CT molecular complexity index is 1070. The second-order valence-electron chi connectivity index (χ2n) is 6.29. The zero-order valence-electron chi connectivity index (χ0n) is 14.4. The third-order valence-electron chi connectivity index (χ3n) is 4.08. The Hall–Kier alpha value is -3.21. The van der Waals surface area contributed by atoms with E-state index in [0.717, 1.165) is 22.3 Å². The van der Waals surface area contributed by atoms with E-state index in [4.69, 9.17) is 0 Å². The fourth-order valence-electron chi connectivity index (χ4n) is 2.91. The predicted molar refractivity (Wildman–Crippen MR) is 99.0 cm³/mol. The number of nitrogens with zero attached hydrogens (tertiary/aromatic N) is 4. The molecule has 0 amide bonds. The molecule has 4 rings (SSSR count). The van der Waals surface area contributed by atoms with Crippen molar-refractivity contribution in [1.29, 1.82) is 0 Å². The Labute approximate surface area is 145 Å². The molecule has 2 aromatic rings. The maximum atomic E-state index is 9.53. The van der Waals surface area contributed by atoms with E-state index in [1.807, 2.05) is 12.1 Å². The Morgan fingerprint density at radius 3 is 2.40 bits per heavy atom. The molecule has 0 bridgehead atoms. The summed E-state index contributed by atoms with van der Waals surface area (Å²) in [4.78, 5) is 13.7. The van der Waals surface area contributed by atoms with Crippen molar-refractivity contribution in [3.05, 3.63) is 65.2 Å². The number of imidazole rings is 1. The summed E-state index contributed by atoms with van der Waals surface area (Å²) in [7, 11) is 0. The van der Waals surface area contributed by atoms with Crippen LogP contribution in [0, 0.1) is 13.8 Å². The molecule has 0 aliphatic carbocycles. The zero-order chi connectivity index (χ0) is 17.6. The minimum absolute atomic E-state index is 0.164. The highest BCUT2D eigenvalue weighted by Crippen LogP contribution is 2.28. The summed E-state index contributed by atoms with van der Waals surface area (Å²) in [5.74, 6) is 1.85. The molecule has 0 spiro atoms. The van der Waals surface area contributed by atoms with Crippen LogP contribution in [0.1, 0.15) is 23.9 Å². The highest BCUT2D eigenvalue weighted by atomic mass is 16.3. The molecule has 0 fully saturated rings. The van der Waals surface area contributed by atoms with Gasteiger partial charge in [0.2, 0.25) is 0 Å². The summed E-state index contributed by atoms with van der Waals surface area (Å²) in [6, 6.07) is 14.4. The van der Waals surface area contributed by atoms with Gasteiger partial charge in [-0.25, -0.2) is 15.0 Å². The lowest BCUT2D eigenvalue weighted by Gasteiger charge is -2.15. The van der Waals surface area contributed by atoms with E-state index in [9.17, 15) is 5.11 Å². The van der Waals surface area contributed by atoms with Crippen LogP contribution in [0.3, 0.4) is 0 Å². The third-order valence-corrected chi connectivity index (χ3v) is 4.08. The smallest absolute Gasteiger partial charge is 0.199 e. The molecule has 25 heavy (non-hydrogen) atoms. The summed E-state index contributed by atoms with van der Waals surface area (Å²) in [5, 5.41) is 9.53. The molecule has 2 aliphatic rings. The average molecular weight is 330 g/mol. The third kappa shape index (κ3) is 2.74. The Morgan fingerprint density at radius 2 is 1.68 bits per heavy atom. The number of hydrogen-bond acceptors (Lipinski definition) is 4. The van der Waals surface area contributed by atoms with Crippen LogP contribution in [0.4, 0.5) is 0 Å². The van der Waals surface area contributed by atoms with Gasteiger partial charge in [-0.1, -0.05) is 23.8 Å². The van der Waals surface area contributed by atoms with Crippen LogP contribution >= 0.6 is 0 Å². The van der Waals surface area contributed by atoms with Gasteiger partial charge in [0.1, 0.15) is 0 Å². The summed E-state index contributed by atoms with van der Waals surface area (Å²) in [5.41, 5.74) is 5.19. The average Bonchev–Trinajstić information content (AvgIpc) is 2.94. The molecule has 1 N–H and O–H groups in total. The van der Waals surface area contributed by atoms with E-state index >= 15 is 0 Å². The molecule has 124 valence electrons. The molecule has 5 nitrogen and oxygen atoms in total. The van der Waals surface area contributed by atoms with E-state index in [1.165, 1.54) is 11.6 Å². The topological polar surface area (TPSA) is 63.8 Å². The van der Waals surface area contributed by atoms with Gasteiger partial charge in [-0.2, -0.15) is 0 Å². The SMILES string of the molecule is C/C(O)=C/c1nc2nc3ccc(C)cc3n(-c3ccc(C)cc3)c-2n1. The van der Waals surface area contributed by atoms with Gasteiger partial charge in [-0.3, -0.25) is 4.57 Å². The van der Waals surface area contributed by atoms with Gasteiger partial charge in [-0.15, -0.1) is 0 Å². The van der Waals surface area contributed by atoms with Crippen molar-refractivity contribution >= 4 is 17.1 Å². The van der Waals surface area contributed by atoms with Crippen LogP contribution in [0.5, 0.6) is 0 Å². The van der Waals surface area contributed by atoms with Crippen molar-refractivity contribution < 1.29 is 5.11 Å². The Balaban J connectivity index is 2.10. The number of aliphatic hydroxyl groups excluding tert-OH is 1. The summed E-state index contributed by atoms with van der Waals surface area (Å²) < 4.78 is 2.07. The molecule has 0 saturated heterocycles. The lowest BCUT2D eigenvalue weighted by atomic mass is 10.1. The number of aliphatic hydroxyl groups is 1. The molecule has 0 radical (unpaired) electrons. The summed E-state index contributed by atoms with van der Waals surface area (Å²) >= 11 is 0. The number of fused-ring (bicyclic) bond motifs is 2. The lowest BCUT2D eigenvalue weighted by molar-refractivity contribution is 0.419. The van der Waals surface area contributed by atoms with E-state index in [1.54, 1.807) is 6.92 Å². The predicted octanol–water partition coefficient (Wildman–Crippen LogP) is 4.46. The van der Waals surface area contributed by atoms with Crippen LogP contribution in [0.2, 0.25) is 0 Å². The first-order chi connectivity index (χ1) is 12.0. The molecular weight excluding hydrogens is 312 g/mol. The van der Waals surface area contributed by atoms with Crippen molar-refractivity contribution in [2.75, 3.05) is 0 Å². The minimum atomic E-state index is 0.164. The molecule has 2 heterocycles. The van der Waals surface area contributed by atoms with Crippen LogP contribution in [-0.4, -0.2) is 24.6 Å². The molecule has 5 heteroatoms. The molecule has 2 aromatic carbocycles. The molecule has 2 aliphatic heterocycles. The number of allylic oxidation sites excluding steroid dienone is 1. The Kier molecular flexibility index (Phi) is 3.50. The fraction of sp³-hybridized carbons (Fsp3) is 0.150. The normalized spacial score (nSPS) is 12.2. The standard InChI is InChI=1S/C20H18N4O/c1-12-4-7-15(8-5-12)24-17-10-13(2)6-9-16(17)21-19-20(24)23-18(22-19)11-14(3)25/h4-11,25H,1-3H3/b14-11-. The van der Waals surface area contributed by atoms with Crippen LogP contribution in [0.15, 0.2) is 48.2 Å². The van der Waals surface area contributed by atoms with Gasteiger partial charge in [0, 0.05) is 11.8 Å². The first-order valence-electron chi connectivity index (χ1n) is 8.12. The number of benzene rings is 2. The lowest BCUT2D eigenvalue weighted by Crippen LogP contribution is -2.05. The molecule has 0 aromatic heterocycles. The second kappa shape index (κ2) is 5.70. The first-order valence-corrected chi connectivity index (χ1v) is 8.12. The number of aromatic nitrogens is 4. The van der Waals surface area contributed by atoms with Gasteiger partial charge in [-0.05, 0) is 50.6 Å². The van der Waals surface area contributed by atoms with Crippen molar-refractivity contribution in [3.8, 4) is 17.3 Å². The van der Waals surface area contributed by atoms with Crippen molar-refractivity contribution in [3.63, 3.8) is 0 Å². The van der Waals surface area contributed by atoms with Crippen molar-refractivity contribution in [2.24, 2.45) is 0 Å². The Morgan fingerprint density at radius 1 is 0.960 bits per heavy atom. The molecule has 0 atom stereocenters. The monoisotopic (exact) mass is 330 g/mol. The highest BCUT2D eigenvalue weighted by molar-refractivity contribution is 5.82. The number of rotatable bonds is 2. The van der Waals surface area contributed by atoms with Crippen molar-refractivity contribution in [1.82, 2.24) is 19.5 Å². The summed E-state index contributed by atoms with van der Waals surface area (Å²) in [6.45, 7) is 5.72. The molecule has 0 unspecified atom stereocenters. The van der Waals surface area contributed by atoms with Gasteiger partial charge < -0.3 is 5.11 Å². The minimum Gasteiger partial charge on any atom is -0.512 e. The van der Waals surface area contributed by atoms with Gasteiger partial charge >= 0.3 is 0 Å². The maximum Gasteiger partial charge on any atom is 0.199 e. The summed E-state index contributed by atoms with van der Waals surface area (Å²) in [6.07, 6.45) is 1.54. The number of aryl methyl sites for hydroxylation is 2. The maximum absolute atomic E-state index is 9.53. The van der Waals surface area contributed by atoms with Gasteiger partial charge in [0.05, 0.1) is 16.8 Å². The van der Waals surface area contributed by atoms with Crippen LogP contribution in [-0.2, 0) is 0 Å². The van der Waals surface area contributed by atoms with E-state index < -0.39 is 0 Å². The quantitative estimate of drug-likeness (QED) is 0.551. The molecular formula is C20H18N4O. The highest BCUT2D eigenvalue weighted by Gasteiger charge is 2.19.